The lowest BCUT2D eigenvalue weighted by molar-refractivity contribution is -0.956. The first kappa shape index (κ1) is 83.2. The standard InChI is InChI=1S/C77H126NO11.C2HF3O2/c1-3-5-7-9-11-13-15-18-22-26-30-34-44-54-72(79)85-64-71(65-86-73(80)55-45-35-31-27-23-19-16-14-12-10-8-6-4-2)87-74(81)56-46-36-32-28-24-20-17-21-25-29-33-37-49-61-84-76(83)89-77(66-50-40-38-41-51-66,67-52-42-39-43-53-67)75(82)88-70-62-68-57-58-69(63-70)78(68)59-47-48-60-78;3-2(4,5)1(6)7/h38-43,50-53,68-71H,3-37,44-49,54-65H2,1-2H3;(H,6,7)/q+1;/p-1. The van der Waals surface area contributed by atoms with Crippen molar-refractivity contribution in [2.24, 2.45) is 0 Å². The van der Waals surface area contributed by atoms with Crippen LogP contribution in [-0.4, -0.2) is 104 Å². The molecule has 5 rings (SSSR count). The van der Waals surface area contributed by atoms with Crippen molar-refractivity contribution < 1.29 is 79.9 Å². The fourth-order valence-corrected chi connectivity index (χ4v) is 14.5. The first-order valence-corrected chi connectivity index (χ1v) is 38.5. The average molecular weight is 1350 g/mol. The highest BCUT2D eigenvalue weighted by Gasteiger charge is 2.57. The number of nitrogens with zero attached hydrogens (tertiary/aromatic N) is 1. The Balaban J connectivity index is 0.00000264. The van der Waals surface area contributed by atoms with Crippen molar-refractivity contribution in [3.8, 4) is 0 Å². The van der Waals surface area contributed by atoms with Crippen LogP contribution < -0.4 is 5.11 Å². The molecular weight excluding hydrogens is 1230 g/mol. The number of rotatable bonds is 54. The van der Waals surface area contributed by atoms with Crippen LogP contribution in [-0.2, 0) is 58.0 Å². The van der Waals surface area contributed by atoms with Crippen LogP contribution in [0, 0.1) is 0 Å². The fraction of sp³-hybridized carbons (Fsp3) is 0.772. The summed E-state index contributed by atoms with van der Waals surface area (Å²) in [5, 5.41) is 8.78. The maximum Gasteiger partial charge on any atom is 0.510 e. The van der Waals surface area contributed by atoms with Crippen molar-refractivity contribution >= 4 is 36.0 Å². The van der Waals surface area contributed by atoms with Gasteiger partial charge in [0.2, 0.25) is 0 Å². The topological polar surface area (TPSA) is 181 Å². The zero-order valence-corrected chi connectivity index (χ0v) is 59.4. The predicted octanol–water partition coefficient (Wildman–Crippen LogP) is 19.7. The molecule has 2 unspecified atom stereocenters. The number of hydrogen-bond acceptors (Lipinski definition) is 13. The molecule has 0 N–H and O–H groups in total. The quantitative estimate of drug-likeness (QED) is 0.0264. The average Bonchev–Trinajstić information content (AvgIpc) is 1.43. The van der Waals surface area contributed by atoms with Crippen LogP contribution in [0.3, 0.4) is 0 Å². The minimum atomic E-state index is -5.19. The highest BCUT2D eigenvalue weighted by atomic mass is 19.4. The number of halogens is 3. The maximum atomic E-state index is 14.7. The molecule has 3 aliphatic heterocycles. The monoisotopic (exact) mass is 1350 g/mol. The summed E-state index contributed by atoms with van der Waals surface area (Å²) in [7, 11) is 0. The van der Waals surface area contributed by atoms with E-state index in [4.69, 9.17) is 38.3 Å². The van der Waals surface area contributed by atoms with Gasteiger partial charge in [0, 0.05) is 68.9 Å². The molecule has 17 heteroatoms. The van der Waals surface area contributed by atoms with Gasteiger partial charge in [0.25, 0.3) is 5.60 Å². The lowest BCUT2D eigenvalue weighted by Gasteiger charge is -2.47. The second kappa shape index (κ2) is 51.0. The van der Waals surface area contributed by atoms with Crippen molar-refractivity contribution in [3.63, 3.8) is 0 Å². The number of carbonyl (C=O) groups excluding carboxylic acids is 6. The van der Waals surface area contributed by atoms with Gasteiger partial charge in [-0.2, -0.15) is 13.2 Å². The van der Waals surface area contributed by atoms with Gasteiger partial charge >= 0.3 is 36.2 Å². The Morgan fingerprint density at radius 1 is 0.458 bits per heavy atom. The van der Waals surface area contributed by atoms with E-state index in [9.17, 15) is 37.1 Å². The number of hydrogen-bond donors (Lipinski definition) is 0. The zero-order valence-electron chi connectivity index (χ0n) is 59.4. The third-order valence-corrected chi connectivity index (χ3v) is 20.0. The van der Waals surface area contributed by atoms with Gasteiger partial charge in [0.15, 0.2) is 6.10 Å². The van der Waals surface area contributed by atoms with Gasteiger partial charge in [-0.15, -0.1) is 0 Å². The van der Waals surface area contributed by atoms with Crippen LogP contribution in [0.15, 0.2) is 60.7 Å². The number of unbranched alkanes of at least 4 members (excludes halogenated alkanes) is 36. The minimum absolute atomic E-state index is 0.101. The Bertz CT molecular complexity index is 2270. The molecule has 0 amide bonds. The Morgan fingerprint density at radius 2 is 0.781 bits per heavy atom. The van der Waals surface area contributed by atoms with Crippen molar-refractivity contribution in [2.75, 3.05) is 32.9 Å². The molecule has 2 atom stereocenters. The number of aliphatic carboxylic acids is 1. The third kappa shape index (κ3) is 34.5. The van der Waals surface area contributed by atoms with E-state index in [1.54, 1.807) is 0 Å². The Hall–Kier alpha value is -5.19. The maximum absolute atomic E-state index is 14.7. The number of carbonyl (C=O) groups is 6. The van der Waals surface area contributed by atoms with Gasteiger partial charge in [-0.3, -0.25) is 14.4 Å². The van der Waals surface area contributed by atoms with E-state index in [1.165, 1.54) is 204 Å². The molecule has 96 heavy (non-hydrogen) atoms. The lowest BCUT2D eigenvalue weighted by atomic mass is 9.85. The summed E-state index contributed by atoms with van der Waals surface area (Å²) >= 11 is 0. The normalized spacial score (nSPS) is 16.4. The molecule has 3 heterocycles. The number of carboxylic acids is 1. The van der Waals surface area contributed by atoms with E-state index in [0.717, 1.165) is 103 Å². The largest absolute Gasteiger partial charge is 0.542 e. The first-order valence-electron chi connectivity index (χ1n) is 38.5. The Kier molecular flexibility index (Phi) is 44.2. The summed E-state index contributed by atoms with van der Waals surface area (Å²) in [4.78, 5) is 75.6. The van der Waals surface area contributed by atoms with E-state index in [0.29, 0.717) is 36.1 Å². The molecule has 0 aromatic heterocycles. The van der Waals surface area contributed by atoms with E-state index >= 15 is 0 Å². The second-order valence-corrected chi connectivity index (χ2v) is 27.8. The molecular formula is C79H126F3NO13. The van der Waals surface area contributed by atoms with Gasteiger partial charge in [0.1, 0.15) is 25.3 Å². The van der Waals surface area contributed by atoms with Gasteiger partial charge < -0.3 is 42.8 Å². The number of piperidine rings is 1. The van der Waals surface area contributed by atoms with Crippen LogP contribution in [0.25, 0.3) is 0 Å². The smallest absolute Gasteiger partial charge is 0.510 e. The van der Waals surface area contributed by atoms with Gasteiger partial charge in [-0.1, -0.05) is 299 Å². The number of alkyl halides is 3. The molecule has 0 aliphatic carbocycles. The van der Waals surface area contributed by atoms with E-state index < -0.39 is 36.0 Å². The molecule has 3 saturated heterocycles. The van der Waals surface area contributed by atoms with Gasteiger partial charge in [-0.05, 0) is 25.7 Å². The molecule has 2 aromatic rings. The van der Waals surface area contributed by atoms with Gasteiger partial charge in [0.05, 0.1) is 31.8 Å². The highest BCUT2D eigenvalue weighted by Crippen LogP contribution is 2.47. The fourth-order valence-electron chi connectivity index (χ4n) is 14.5. The van der Waals surface area contributed by atoms with E-state index in [-0.39, 0.29) is 50.3 Å². The molecule has 0 saturated carbocycles. The highest BCUT2D eigenvalue weighted by molar-refractivity contribution is 5.88. The summed E-state index contributed by atoms with van der Waals surface area (Å²) in [6.07, 6.45) is 46.4. The molecule has 2 aromatic carbocycles. The molecule has 3 fully saturated rings. The Morgan fingerprint density at radius 3 is 1.12 bits per heavy atom. The Labute approximate surface area is 576 Å². The van der Waals surface area contributed by atoms with E-state index in [1.807, 2.05) is 60.7 Å². The van der Waals surface area contributed by atoms with Crippen LogP contribution in [0.4, 0.5) is 18.0 Å². The van der Waals surface area contributed by atoms with E-state index in [2.05, 4.69) is 13.8 Å². The molecule has 3 aliphatic rings. The SMILES string of the molecule is CCCCCCCCCCCCCCCC(=O)OCC(COC(=O)CCCCCCCCCCCCCCC)OC(=O)CCCCCCCCCCCCCCCOC(=O)OC(C(=O)OC1CC2CCC(C1)[N+]21CCCC1)(c1ccccc1)c1ccccc1.O=C([O-])C(F)(F)F. The number of carboxylic acid groups (broad SMARTS) is 1. The van der Waals surface area contributed by atoms with Crippen molar-refractivity contribution in [3.05, 3.63) is 71.8 Å². The second-order valence-electron chi connectivity index (χ2n) is 27.8. The van der Waals surface area contributed by atoms with Gasteiger partial charge in [-0.25, -0.2) is 9.59 Å². The molecule has 0 radical (unpaired) electrons. The van der Waals surface area contributed by atoms with Crippen molar-refractivity contribution in [2.45, 2.75) is 358 Å². The molecule has 14 nitrogen and oxygen atoms in total. The number of quaternary nitrogens is 1. The summed E-state index contributed by atoms with van der Waals surface area (Å²) in [6, 6.07) is 19.5. The van der Waals surface area contributed by atoms with Crippen molar-refractivity contribution in [1.82, 2.24) is 0 Å². The lowest BCUT2D eigenvalue weighted by Crippen LogP contribution is -2.60. The predicted molar refractivity (Wildman–Crippen MR) is 369 cm³/mol. The number of esters is 4. The zero-order chi connectivity index (χ0) is 69.2. The first-order chi connectivity index (χ1) is 46.6. The third-order valence-electron chi connectivity index (χ3n) is 20.0. The van der Waals surface area contributed by atoms with Crippen LogP contribution in [0.1, 0.15) is 333 Å². The summed E-state index contributed by atoms with van der Waals surface area (Å²) in [6.45, 7) is 7.02. The number of benzene rings is 2. The van der Waals surface area contributed by atoms with Crippen molar-refractivity contribution in [1.29, 1.82) is 0 Å². The van der Waals surface area contributed by atoms with Crippen LogP contribution >= 0.6 is 0 Å². The summed E-state index contributed by atoms with van der Waals surface area (Å²) in [5.74, 6) is -4.50. The molecule has 2 bridgehead atoms. The van der Waals surface area contributed by atoms with Crippen LogP contribution in [0.2, 0.25) is 0 Å². The van der Waals surface area contributed by atoms with Crippen LogP contribution in [0.5, 0.6) is 0 Å². The summed E-state index contributed by atoms with van der Waals surface area (Å²) < 4.78 is 68.1. The molecule has 1 spiro atoms. The summed E-state index contributed by atoms with van der Waals surface area (Å²) in [5.41, 5.74) is -0.723. The molecule has 546 valence electrons. The minimum Gasteiger partial charge on any atom is -0.542 e. The number of ether oxygens (including phenoxy) is 6.